The van der Waals surface area contributed by atoms with Crippen molar-refractivity contribution < 1.29 is 19.2 Å². The van der Waals surface area contributed by atoms with Gasteiger partial charge in [0, 0.05) is 7.05 Å². The second kappa shape index (κ2) is 4.26. The van der Waals surface area contributed by atoms with E-state index in [-0.39, 0.29) is 16.8 Å². The Morgan fingerprint density at radius 3 is 2.25 bits per heavy atom. The van der Waals surface area contributed by atoms with Crippen LogP contribution in [0.2, 0.25) is 0 Å². The molecule has 2 amide bonds. The number of hydroxylamine groups is 2. The highest BCUT2D eigenvalue weighted by molar-refractivity contribution is 6.21. The number of amides is 2. The Bertz CT molecular complexity index is 702. The van der Waals surface area contributed by atoms with Gasteiger partial charge in [0.25, 0.3) is 11.8 Å². The van der Waals surface area contributed by atoms with Crippen LogP contribution in [-0.2, 0) is 11.9 Å². The molecule has 0 saturated heterocycles. The topological polar surface area (TPSA) is 94.4 Å². The van der Waals surface area contributed by atoms with Crippen LogP contribution in [-0.4, -0.2) is 37.8 Å². The van der Waals surface area contributed by atoms with Gasteiger partial charge in [-0.3, -0.25) is 9.59 Å². The smallest absolute Gasteiger partial charge is 0.322 e. The van der Waals surface area contributed by atoms with Crippen molar-refractivity contribution in [1.29, 1.82) is 0 Å². The number of fused-ring (bicyclic) bond motifs is 1. The molecule has 0 aliphatic carbocycles. The van der Waals surface area contributed by atoms with Gasteiger partial charge >= 0.3 is 5.97 Å². The van der Waals surface area contributed by atoms with E-state index < -0.39 is 17.8 Å². The molecule has 3 rings (SSSR count). The van der Waals surface area contributed by atoms with E-state index >= 15 is 0 Å². The summed E-state index contributed by atoms with van der Waals surface area (Å²) >= 11 is 0. The molecule has 0 unspecified atom stereocenters. The third kappa shape index (κ3) is 1.66. The van der Waals surface area contributed by atoms with Crippen molar-refractivity contribution in [2.75, 3.05) is 0 Å². The minimum absolute atomic E-state index is 0.0292. The zero-order chi connectivity index (χ0) is 14.3. The van der Waals surface area contributed by atoms with E-state index in [1.165, 1.54) is 30.1 Å². The van der Waals surface area contributed by atoms with Crippen LogP contribution >= 0.6 is 0 Å². The highest BCUT2D eigenvalue weighted by Crippen LogP contribution is 2.23. The zero-order valence-electron chi connectivity index (χ0n) is 10.3. The van der Waals surface area contributed by atoms with E-state index in [9.17, 15) is 14.4 Å². The van der Waals surface area contributed by atoms with Gasteiger partial charge in [-0.25, -0.2) is 9.48 Å². The van der Waals surface area contributed by atoms with Gasteiger partial charge < -0.3 is 4.84 Å². The SMILES string of the molecule is Cn1nncc1C(=O)ON1C(=O)c2ccccc2C1=O. The minimum Gasteiger partial charge on any atom is -0.322 e. The summed E-state index contributed by atoms with van der Waals surface area (Å²) in [5.74, 6) is -2.23. The van der Waals surface area contributed by atoms with Gasteiger partial charge in [0.1, 0.15) is 0 Å². The van der Waals surface area contributed by atoms with Crippen molar-refractivity contribution >= 4 is 17.8 Å². The molecular formula is C12H8N4O4. The minimum atomic E-state index is -0.882. The molecule has 1 aromatic heterocycles. The van der Waals surface area contributed by atoms with Crippen LogP contribution < -0.4 is 0 Å². The number of rotatable bonds is 2. The molecular weight excluding hydrogens is 264 g/mol. The monoisotopic (exact) mass is 272 g/mol. The Balaban J connectivity index is 1.87. The second-order valence-corrected chi connectivity index (χ2v) is 4.07. The lowest BCUT2D eigenvalue weighted by Gasteiger charge is -2.12. The van der Waals surface area contributed by atoms with Gasteiger partial charge in [0.2, 0.25) is 0 Å². The van der Waals surface area contributed by atoms with Gasteiger partial charge in [0.15, 0.2) is 5.69 Å². The molecule has 0 fully saturated rings. The van der Waals surface area contributed by atoms with Crippen LogP contribution in [0.3, 0.4) is 0 Å². The Hall–Kier alpha value is -3.03. The number of aryl methyl sites for hydroxylation is 1. The predicted molar refractivity (Wildman–Crippen MR) is 63.4 cm³/mol. The Labute approximate surface area is 112 Å². The summed E-state index contributed by atoms with van der Waals surface area (Å²) in [6.07, 6.45) is 1.18. The second-order valence-electron chi connectivity index (χ2n) is 4.07. The summed E-state index contributed by atoms with van der Waals surface area (Å²) in [4.78, 5) is 40.7. The molecule has 0 atom stereocenters. The number of hydrogen-bond donors (Lipinski definition) is 0. The maximum atomic E-state index is 12.0. The van der Waals surface area contributed by atoms with Crippen molar-refractivity contribution in [3.8, 4) is 0 Å². The fourth-order valence-electron chi connectivity index (χ4n) is 1.85. The Morgan fingerprint density at radius 2 is 1.75 bits per heavy atom. The third-order valence-electron chi connectivity index (χ3n) is 2.85. The molecule has 0 bridgehead atoms. The van der Waals surface area contributed by atoms with E-state index in [0.29, 0.717) is 5.06 Å². The number of carbonyl (C=O) groups excluding carboxylic acids is 3. The molecule has 1 aliphatic heterocycles. The Morgan fingerprint density at radius 1 is 1.15 bits per heavy atom. The molecule has 8 nitrogen and oxygen atoms in total. The molecule has 8 heteroatoms. The van der Waals surface area contributed by atoms with Crippen LogP contribution in [0, 0.1) is 0 Å². The van der Waals surface area contributed by atoms with Gasteiger partial charge in [-0.1, -0.05) is 22.4 Å². The lowest BCUT2D eigenvalue weighted by Crippen LogP contribution is -2.33. The van der Waals surface area contributed by atoms with E-state index in [1.807, 2.05) is 0 Å². The summed E-state index contributed by atoms with van der Waals surface area (Å²) in [6.45, 7) is 0. The van der Waals surface area contributed by atoms with Crippen LogP contribution in [0.15, 0.2) is 30.5 Å². The van der Waals surface area contributed by atoms with Gasteiger partial charge in [0.05, 0.1) is 17.3 Å². The number of benzene rings is 1. The maximum absolute atomic E-state index is 12.0. The van der Waals surface area contributed by atoms with Crippen LogP contribution in [0.5, 0.6) is 0 Å². The van der Waals surface area contributed by atoms with Gasteiger partial charge in [-0.15, -0.1) is 5.10 Å². The molecule has 0 saturated carbocycles. The number of hydrogen-bond acceptors (Lipinski definition) is 6. The van der Waals surface area contributed by atoms with E-state index in [0.717, 1.165) is 0 Å². The number of imide groups is 1. The molecule has 100 valence electrons. The average Bonchev–Trinajstić information content (AvgIpc) is 2.97. The molecule has 1 aromatic carbocycles. The predicted octanol–water partition coefficient (Wildman–Crippen LogP) is 0.183. The van der Waals surface area contributed by atoms with Gasteiger partial charge in [-0.05, 0) is 12.1 Å². The maximum Gasteiger partial charge on any atom is 0.383 e. The van der Waals surface area contributed by atoms with Crippen molar-refractivity contribution in [1.82, 2.24) is 20.1 Å². The summed E-state index contributed by atoms with van der Waals surface area (Å²) in [5.41, 5.74) is 0.434. The summed E-state index contributed by atoms with van der Waals surface area (Å²) < 4.78 is 1.18. The van der Waals surface area contributed by atoms with E-state index in [2.05, 4.69) is 10.3 Å². The quantitative estimate of drug-likeness (QED) is 0.724. The highest BCUT2D eigenvalue weighted by atomic mass is 16.7. The number of carbonyl (C=O) groups is 3. The van der Waals surface area contributed by atoms with Crippen molar-refractivity contribution in [2.24, 2.45) is 7.05 Å². The first-order valence-corrected chi connectivity index (χ1v) is 5.64. The molecule has 0 radical (unpaired) electrons. The normalized spacial score (nSPS) is 13.6. The molecule has 20 heavy (non-hydrogen) atoms. The third-order valence-corrected chi connectivity index (χ3v) is 2.85. The van der Waals surface area contributed by atoms with Crippen LogP contribution in [0.25, 0.3) is 0 Å². The fourth-order valence-corrected chi connectivity index (χ4v) is 1.85. The molecule has 0 N–H and O–H groups in total. The molecule has 0 spiro atoms. The van der Waals surface area contributed by atoms with Crippen LogP contribution in [0.4, 0.5) is 0 Å². The highest BCUT2D eigenvalue weighted by Gasteiger charge is 2.39. The fraction of sp³-hybridized carbons (Fsp3) is 0.0833. The summed E-state index contributed by atoms with van der Waals surface area (Å²) in [5, 5.41) is 7.53. The largest absolute Gasteiger partial charge is 0.383 e. The molecule has 1 aliphatic rings. The number of nitrogens with zero attached hydrogens (tertiary/aromatic N) is 4. The first-order chi connectivity index (χ1) is 9.59. The molecule has 2 aromatic rings. The van der Waals surface area contributed by atoms with Crippen molar-refractivity contribution in [3.05, 3.63) is 47.3 Å². The average molecular weight is 272 g/mol. The Kier molecular flexibility index (Phi) is 2.56. The first-order valence-electron chi connectivity index (χ1n) is 5.64. The van der Waals surface area contributed by atoms with Gasteiger partial charge in [-0.2, -0.15) is 0 Å². The zero-order valence-corrected chi connectivity index (χ0v) is 10.3. The van der Waals surface area contributed by atoms with Crippen LogP contribution in [0.1, 0.15) is 31.2 Å². The van der Waals surface area contributed by atoms with Crippen molar-refractivity contribution in [2.45, 2.75) is 0 Å². The lowest BCUT2D eigenvalue weighted by atomic mass is 10.1. The lowest BCUT2D eigenvalue weighted by molar-refractivity contribution is -0.0591. The standard InChI is InChI=1S/C12H8N4O4/c1-15-9(6-13-14-15)12(19)20-16-10(17)7-4-2-3-5-8(7)11(16)18/h2-6H,1H3. The summed E-state index contributed by atoms with van der Waals surface area (Å²) in [7, 11) is 1.49. The summed E-state index contributed by atoms with van der Waals surface area (Å²) in [6, 6.07) is 6.24. The van der Waals surface area contributed by atoms with E-state index in [1.54, 1.807) is 12.1 Å². The first kappa shape index (κ1) is 12.0. The van der Waals surface area contributed by atoms with E-state index in [4.69, 9.17) is 4.84 Å². The molecule has 2 heterocycles. The number of aromatic nitrogens is 3. The van der Waals surface area contributed by atoms with Crippen molar-refractivity contribution in [3.63, 3.8) is 0 Å².